The molecule has 1 spiro atoms. The summed E-state index contributed by atoms with van der Waals surface area (Å²) >= 11 is 0. The Labute approximate surface area is 175 Å². The fraction of sp³-hybridized carbons (Fsp3) is 0.200. The largest absolute Gasteiger partial charge is 0.465 e. The zero-order valence-electron chi connectivity index (χ0n) is 16.5. The highest BCUT2D eigenvalue weighted by Crippen LogP contribution is 2.50. The van der Waals surface area contributed by atoms with Crippen LogP contribution in [0.25, 0.3) is 11.1 Å². The van der Waals surface area contributed by atoms with Crippen LogP contribution in [0.15, 0.2) is 78.9 Å². The van der Waals surface area contributed by atoms with Crippen molar-refractivity contribution in [2.75, 3.05) is 18.0 Å². The van der Waals surface area contributed by atoms with E-state index in [1.807, 2.05) is 66.7 Å². The molecule has 2 heterocycles. The predicted molar refractivity (Wildman–Crippen MR) is 116 cm³/mol. The summed E-state index contributed by atoms with van der Waals surface area (Å²) in [5, 5.41) is 9.31. The Bertz CT molecular complexity index is 1100. The van der Waals surface area contributed by atoms with E-state index in [0.717, 1.165) is 28.1 Å². The van der Waals surface area contributed by atoms with Crippen LogP contribution < -0.4 is 4.90 Å². The van der Waals surface area contributed by atoms with E-state index in [1.165, 1.54) is 4.90 Å². The van der Waals surface area contributed by atoms with Gasteiger partial charge in [0.25, 0.3) is 0 Å². The second-order valence-corrected chi connectivity index (χ2v) is 7.92. The average molecular weight is 398 g/mol. The van der Waals surface area contributed by atoms with Crippen LogP contribution >= 0.6 is 0 Å². The standard InChI is InChI=1S/C25H22N2O3/c28-23-25(14-16-26(17-15-25)24(29)30)21-8-4-5-9-22(21)27(23)20-12-10-19(11-13-20)18-6-2-1-3-7-18/h1-13H,14-17H2,(H,29,30). The molecule has 0 unspecified atom stereocenters. The quantitative estimate of drug-likeness (QED) is 0.658. The highest BCUT2D eigenvalue weighted by molar-refractivity contribution is 6.13. The van der Waals surface area contributed by atoms with Gasteiger partial charge in [0, 0.05) is 18.8 Å². The first-order valence-corrected chi connectivity index (χ1v) is 10.2. The Balaban J connectivity index is 1.51. The monoisotopic (exact) mass is 398 g/mol. The number of rotatable bonds is 2. The lowest BCUT2D eigenvalue weighted by Crippen LogP contribution is -2.49. The number of piperidine rings is 1. The van der Waals surface area contributed by atoms with Gasteiger partial charge in [-0.2, -0.15) is 0 Å². The number of hydrogen-bond acceptors (Lipinski definition) is 2. The third-order valence-electron chi connectivity index (χ3n) is 6.39. The van der Waals surface area contributed by atoms with Gasteiger partial charge in [-0.15, -0.1) is 0 Å². The van der Waals surface area contributed by atoms with E-state index in [0.29, 0.717) is 25.9 Å². The first kappa shape index (κ1) is 18.4. The number of carbonyl (C=O) groups is 2. The van der Waals surface area contributed by atoms with Gasteiger partial charge in [0.2, 0.25) is 5.91 Å². The van der Waals surface area contributed by atoms with E-state index >= 15 is 0 Å². The minimum Gasteiger partial charge on any atom is -0.465 e. The number of para-hydroxylation sites is 1. The minimum absolute atomic E-state index is 0.0428. The van der Waals surface area contributed by atoms with Crippen LogP contribution in [0.1, 0.15) is 18.4 Å². The van der Waals surface area contributed by atoms with Gasteiger partial charge in [-0.1, -0.05) is 60.7 Å². The highest BCUT2D eigenvalue weighted by Gasteiger charge is 2.52. The molecule has 150 valence electrons. The first-order chi connectivity index (χ1) is 14.6. The van der Waals surface area contributed by atoms with Gasteiger partial charge < -0.3 is 10.0 Å². The lowest BCUT2D eigenvalue weighted by atomic mass is 9.73. The molecule has 3 aromatic carbocycles. The number of likely N-dealkylation sites (tertiary alicyclic amines) is 1. The summed E-state index contributed by atoms with van der Waals surface area (Å²) in [7, 11) is 0. The molecule has 0 atom stereocenters. The Morgan fingerprint density at radius 1 is 0.800 bits per heavy atom. The number of fused-ring (bicyclic) bond motifs is 2. The van der Waals surface area contributed by atoms with Crippen molar-refractivity contribution >= 4 is 23.4 Å². The Morgan fingerprint density at radius 3 is 2.07 bits per heavy atom. The van der Waals surface area contributed by atoms with E-state index in [4.69, 9.17) is 0 Å². The van der Waals surface area contributed by atoms with Crippen molar-refractivity contribution in [1.82, 2.24) is 4.90 Å². The maximum atomic E-state index is 13.7. The molecule has 1 fully saturated rings. The van der Waals surface area contributed by atoms with Crippen LogP contribution in [0.5, 0.6) is 0 Å². The van der Waals surface area contributed by atoms with E-state index in [9.17, 15) is 14.7 Å². The third-order valence-corrected chi connectivity index (χ3v) is 6.39. The number of anilines is 2. The molecule has 1 N–H and O–H groups in total. The predicted octanol–water partition coefficient (Wildman–Crippen LogP) is 5.04. The smallest absolute Gasteiger partial charge is 0.407 e. The Morgan fingerprint density at radius 2 is 1.40 bits per heavy atom. The van der Waals surface area contributed by atoms with Crippen molar-refractivity contribution in [3.05, 3.63) is 84.4 Å². The zero-order chi connectivity index (χ0) is 20.7. The van der Waals surface area contributed by atoms with Crippen molar-refractivity contribution in [3.8, 4) is 11.1 Å². The van der Waals surface area contributed by atoms with Crippen molar-refractivity contribution < 1.29 is 14.7 Å². The second-order valence-electron chi connectivity index (χ2n) is 7.92. The fourth-order valence-corrected chi connectivity index (χ4v) is 4.76. The fourth-order valence-electron chi connectivity index (χ4n) is 4.76. The molecule has 0 aliphatic carbocycles. The van der Waals surface area contributed by atoms with Gasteiger partial charge in [-0.3, -0.25) is 9.69 Å². The number of amides is 2. The normalized spacial score (nSPS) is 17.3. The van der Waals surface area contributed by atoms with Crippen molar-refractivity contribution in [2.45, 2.75) is 18.3 Å². The van der Waals surface area contributed by atoms with Crippen molar-refractivity contribution in [1.29, 1.82) is 0 Å². The maximum absolute atomic E-state index is 13.7. The first-order valence-electron chi connectivity index (χ1n) is 10.2. The number of carboxylic acid groups (broad SMARTS) is 1. The summed E-state index contributed by atoms with van der Waals surface area (Å²) in [6, 6.07) is 26.1. The summed E-state index contributed by atoms with van der Waals surface area (Å²) in [5.41, 5.74) is 4.33. The summed E-state index contributed by atoms with van der Waals surface area (Å²) in [6.45, 7) is 0.742. The SMILES string of the molecule is O=C(O)N1CCC2(CC1)C(=O)N(c1ccc(-c3ccccc3)cc1)c1ccccc12. The molecular weight excluding hydrogens is 376 g/mol. The maximum Gasteiger partial charge on any atom is 0.407 e. The van der Waals surface area contributed by atoms with Crippen molar-refractivity contribution in [3.63, 3.8) is 0 Å². The average Bonchev–Trinajstić information content (AvgIpc) is 3.03. The van der Waals surface area contributed by atoms with Gasteiger partial charge in [0.05, 0.1) is 11.1 Å². The van der Waals surface area contributed by atoms with E-state index in [2.05, 4.69) is 12.1 Å². The number of nitrogens with zero attached hydrogens (tertiary/aromatic N) is 2. The molecule has 1 saturated heterocycles. The van der Waals surface area contributed by atoms with E-state index in [1.54, 1.807) is 4.90 Å². The molecule has 0 bridgehead atoms. The molecule has 5 nitrogen and oxygen atoms in total. The van der Waals surface area contributed by atoms with Crippen LogP contribution in [0.4, 0.5) is 16.2 Å². The molecular formula is C25H22N2O3. The molecule has 5 rings (SSSR count). The zero-order valence-corrected chi connectivity index (χ0v) is 16.5. The third kappa shape index (κ3) is 2.77. The summed E-state index contributed by atoms with van der Waals surface area (Å²) in [4.78, 5) is 28.3. The molecule has 0 saturated carbocycles. The van der Waals surface area contributed by atoms with Gasteiger partial charge in [-0.05, 0) is 47.7 Å². The van der Waals surface area contributed by atoms with Crippen LogP contribution in [0.3, 0.4) is 0 Å². The molecule has 30 heavy (non-hydrogen) atoms. The van der Waals surface area contributed by atoms with E-state index < -0.39 is 11.5 Å². The summed E-state index contributed by atoms with van der Waals surface area (Å²) in [6.07, 6.45) is 0.0959. The topological polar surface area (TPSA) is 60.9 Å². The second kappa shape index (κ2) is 7.02. The number of carbonyl (C=O) groups excluding carboxylic acids is 1. The molecule has 0 aromatic heterocycles. The molecule has 5 heteroatoms. The van der Waals surface area contributed by atoms with Gasteiger partial charge >= 0.3 is 6.09 Å². The lowest BCUT2D eigenvalue weighted by Gasteiger charge is -2.37. The van der Waals surface area contributed by atoms with E-state index in [-0.39, 0.29) is 5.91 Å². The van der Waals surface area contributed by atoms with Gasteiger partial charge in [0.1, 0.15) is 0 Å². The molecule has 3 aromatic rings. The van der Waals surface area contributed by atoms with Crippen LogP contribution in [0, 0.1) is 0 Å². The summed E-state index contributed by atoms with van der Waals surface area (Å²) in [5.74, 6) is 0.0428. The molecule has 2 aliphatic rings. The Hall–Kier alpha value is -3.60. The minimum atomic E-state index is -0.920. The number of hydrogen-bond donors (Lipinski definition) is 1. The highest BCUT2D eigenvalue weighted by atomic mass is 16.4. The van der Waals surface area contributed by atoms with Crippen LogP contribution in [0.2, 0.25) is 0 Å². The number of benzene rings is 3. The van der Waals surface area contributed by atoms with Crippen molar-refractivity contribution in [2.24, 2.45) is 0 Å². The van der Waals surface area contributed by atoms with Gasteiger partial charge in [0.15, 0.2) is 0 Å². The van der Waals surface area contributed by atoms with Gasteiger partial charge in [-0.25, -0.2) is 4.79 Å². The van der Waals surface area contributed by atoms with Crippen LogP contribution in [-0.4, -0.2) is 35.1 Å². The molecule has 2 amide bonds. The molecule has 2 aliphatic heterocycles. The Kier molecular flexibility index (Phi) is 4.31. The summed E-state index contributed by atoms with van der Waals surface area (Å²) < 4.78 is 0. The van der Waals surface area contributed by atoms with Crippen LogP contribution in [-0.2, 0) is 10.2 Å². The lowest BCUT2D eigenvalue weighted by molar-refractivity contribution is -0.124. The molecule has 0 radical (unpaired) electrons.